The normalized spacial score (nSPS) is 12.4. The molecule has 3 nitrogen and oxygen atoms in total. The first kappa shape index (κ1) is 23.4. The van der Waals surface area contributed by atoms with Gasteiger partial charge >= 0.3 is 0 Å². The molecule has 0 aliphatic carbocycles. The number of hydrogen-bond donors (Lipinski definition) is 0. The van der Waals surface area contributed by atoms with E-state index in [1.54, 1.807) is 0 Å². The summed E-state index contributed by atoms with van der Waals surface area (Å²) in [6, 6.07) is 55.6. The number of benzene rings is 7. The van der Waals surface area contributed by atoms with Gasteiger partial charge in [-0.1, -0.05) is 91.0 Å². The Balaban J connectivity index is 1.27. The highest BCUT2D eigenvalue weighted by Crippen LogP contribution is 2.44. The first-order valence-corrected chi connectivity index (χ1v) is 15.5. The van der Waals surface area contributed by atoms with Gasteiger partial charge in [0.2, 0.25) is 0 Å². The Morgan fingerprint density at radius 3 is 1.47 bits per heavy atom. The first-order chi connectivity index (χ1) is 22.4. The van der Waals surface area contributed by atoms with Gasteiger partial charge in [0.25, 0.3) is 0 Å². The monoisotopic (exact) mass is 571 g/mol. The average Bonchev–Trinajstić information content (AvgIpc) is 3.82. The van der Waals surface area contributed by atoms with Crippen LogP contribution in [-0.4, -0.2) is 13.5 Å². The summed E-state index contributed by atoms with van der Waals surface area (Å²) in [6.45, 7) is 0. The number of fused-ring (bicyclic) bond motifs is 13. The van der Waals surface area contributed by atoms with E-state index >= 15 is 0 Å². The zero-order valence-corrected chi connectivity index (χ0v) is 24.3. The second-order valence-electron chi connectivity index (χ2n) is 12.2. The van der Waals surface area contributed by atoms with E-state index in [0.717, 1.165) is 0 Å². The van der Waals surface area contributed by atoms with Crippen molar-refractivity contribution in [2.24, 2.45) is 0 Å². The van der Waals surface area contributed by atoms with Crippen molar-refractivity contribution < 1.29 is 0 Å². The molecule has 208 valence electrons. The van der Waals surface area contributed by atoms with Crippen LogP contribution >= 0.6 is 0 Å². The van der Waals surface area contributed by atoms with Gasteiger partial charge in [-0.3, -0.25) is 0 Å². The highest BCUT2D eigenvalue weighted by atomic mass is 15.0. The summed E-state index contributed by atoms with van der Waals surface area (Å²) < 4.78 is 7.32. The third-order valence-electron chi connectivity index (χ3n) is 9.95. The summed E-state index contributed by atoms with van der Waals surface area (Å²) in [5.74, 6) is 0. The molecule has 11 rings (SSSR count). The van der Waals surface area contributed by atoms with E-state index in [1.807, 2.05) is 0 Å². The van der Waals surface area contributed by atoms with Crippen molar-refractivity contribution in [2.45, 2.75) is 0 Å². The summed E-state index contributed by atoms with van der Waals surface area (Å²) in [5, 5.41) is 10.4. The summed E-state index contributed by atoms with van der Waals surface area (Å²) in [5.41, 5.74) is 11.1. The lowest BCUT2D eigenvalue weighted by Crippen LogP contribution is -1.95. The third kappa shape index (κ3) is 2.86. The standard InChI is InChI=1S/C42H25N3/c1-2-11-26(12-3-1)43-35-19-8-5-14-31(35)40-38(43)23-24-39-41(40)32-15-6-9-20-36(32)44(39)27-21-22-37-33(25-27)30-17-10-16-29-28-13-4-7-18-34(28)45(37)42(29)30/h1-25H. The van der Waals surface area contributed by atoms with Gasteiger partial charge in [0, 0.05) is 54.5 Å². The number of para-hydroxylation sites is 5. The second kappa shape index (κ2) is 8.31. The van der Waals surface area contributed by atoms with Crippen LogP contribution in [0.1, 0.15) is 0 Å². The molecule has 0 radical (unpaired) electrons. The molecule has 0 N–H and O–H groups in total. The summed E-state index contributed by atoms with van der Waals surface area (Å²) in [4.78, 5) is 0. The molecule has 0 unspecified atom stereocenters. The maximum Gasteiger partial charge on any atom is 0.0620 e. The Labute approximate surface area is 257 Å². The minimum absolute atomic E-state index is 1.18. The van der Waals surface area contributed by atoms with E-state index in [1.165, 1.54) is 93.1 Å². The molecule has 11 aromatic rings. The van der Waals surface area contributed by atoms with Crippen LogP contribution in [0.4, 0.5) is 0 Å². The first-order valence-electron chi connectivity index (χ1n) is 15.5. The number of aromatic nitrogens is 3. The molecule has 45 heavy (non-hydrogen) atoms. The van der Waals surface area contributed by atoms with Crippen molar-refractivity contribution in [1.29, 1.82) is 0 Å². The fourth-order valence-electron chi connectivity index (χ4n) is 8.21. The molecule has 7 aromatic carbocycles. The molecule has 3 heteroatoms. The van der Waals surface area contributed by atoms with Crippen LogP contribution in [0.15, 0.2) is 152 Å². The number of nitrogens with zero attached hydrogens (tertiary/aromatic N) is 3. The van der Waals surface area contributed by atoms with Crippen LogP contribution in [0.5, 0.6) is 0 Å². The van der Waals surface area contributed by atoms with Crippen LogP contribution < -0.4 is 0 Å². The van der Waals surface area contributed by atoms with Crippen LogP contribution in [0.25, 0.3) is 93.1 Å². The SMILES string of the molecule is c1ccc(-n2c3ccccc3c3c4c5ccccc5n(-c5ccc6c(c5)c5cccc7c8ccccc8n6c75)c4ccc32)cc1. The highest BCUT2D eigenvalue weighted by Gasteiger charge is 2.22. The fraction of sp³-hybridized carbons (Fsp3) is 0. The van der Waals surface area contributed by atoms with Crippen molar-refractivity contribution >= 4 is 81.7 Å². The molecule has 0 saturated carbocycles. The molecular weight excluding hydrogens is 546 g/mol. The summed E-state index contributed by atoms with van der Waals surface area (Å²) in [7, 11) is 0. The van der Waals surface area contributed by atoms with E-state index in [2.05, 4.69) is 165 Å². The van der Waals surface area contributed by atoms with Crippen molar-refractivity contribution in [3.8, 4) is 11.4 Å². The smallest absolute Gasteiger partial charge is 0.0620 e. The topological polar surface area (TPSA) is 14.3 Å². The fourth-order valence-corrected chi connectivity index (χ4v) is 8.21. The van der Waals surface area contributed by atoms with Crippen molar-refractivity contribution in [3.63, 3.8) is 0 Å². The number of hydrogen-bond acceptors (Lipinski definition) is 0. The molecule has 0 aliphatic heterocycles. The van der Waals surface area contributed by atoms with Gasteiger partial charge in [-0.05, 0) is 60.7 Å². The van der Waals surface area contributed by atoms with Crippen LogP contribution in [0.3, 0.4) is 0 Å². The minimum Gasteiger partial charge on any atom is -0.309 e. The molecule has 0 saturated heterocycles. The van der Waals surface area contributed by atoms with Crippen molar-refractivity contribution in [2.75, 3.05) is 0 Å². The van der Waals surface area contributed by atoms with E-state index in [-0.39, 0.29) is 0 Å². The largest absolute Gasteiger partial charge is 0.309 e. The second-order valence-corrected chi connectivity index (χ2v) is 12.2. The average molecular weight is 572 g/mol. The van der Waals surface area contributed by atoms with E-state index in [0.29, 0.717) is 0 Å². The molecule has 0 amide bonds. The van der Waals surface area contributed by atoms with Gasteiger partial charge in [-0.2, -0.15) is 0 Å². The lowest BCUT2D eigenvalue weighted by Gasteiger charge is -2.10. The predicted molar refractivity (Wildman–Crippen MR) is 190 cm³/mol. The van der Waals surface area contributed by atoms with Gasteiger partial charge in [0.05, 0.1) is 38.6 Å². The molecule has 4 heterocycles. The highest BCUT2D eigenvalue weighted by molar-refractivity contribution is 6.29. The van der Waals surface area contributed by atoms with E-state index < -0.39 is 0 Å². The van der Waals surface area contributed by atoms with Gasteiger partial charge in [-0.25, -0.2) is 0 Å². The van der Waals surface area contributed by atoms with Gasteiger partial charge < -0.3 is 13.5 Å². The van der Waals surface area contributed by atoms with E-state index in [9.17, 15) is 0 Å². The van der Waals surface area contributed by atoms with Crippen molar-refractivity contribution in [1.82, 2.24) is 13.5 Å². The zero-order chi connectivity index (χ0) is 29.2. The lowest BCUT2D eigenvalue weighted by atomic mass is 10.1. The Morgan fingerprint density at radius 1 is 0.289 bits per heavy atom. The van der Waals surface area contributed by atoms with Crippen LogP contribution in [-0.2, 0) is 0 Å². The Morgan fingerprint density at radius 2 is 0.778 bits per heavy atom. The zero-order valence-electron chi connectivity index (χ0n) is 24.3. The van der Waals surface area contributed by atoms with Crippen LogP contribution in [0, 0.1) is 0 Å². The molecule has 0 bridgehead atoms. The van der Waals surface area contributed by atoms with Gasteiger partial charge in [0.15, 0.2) is 0 Å². The molecule has 4 aromatic heterocycles. The Bertz CT molecular complexity index is 2970. The summed E-state index contributed by atoms with van der Waals surface area (Å²) in [6.07, 6.45) is 0. The minimum atomic E-state index is 1.18. The number of rotatable bonds is 2. The van der Waals surface area contributed by atoms with Gasteiger partial charge in [0.1, 0.15) is 0 Å². The predicted octanol–water partition coefficient (Wildman–Crippen LogP) is 11.0. The van der Waals surface area contributed by atoms with E-state index in [4.69, 9.17) is 0 Å². The molecule has 0 spiro atoms. The van der Waals surface area contributed by atoms with Crippen LogP contribution in [0.2, 0.25) is 0 Å². The summed E-state index contributed by atoms with van der Waals surface area (Å²) >= 11 is 0. The van der Waals surface area contributed by atoms with Crippen molar-refractivity contribution in [3.05, 3.63) is 152 Å². The van der Waals surface area contributed by atoms with Gasteiger partial charge in [-0.15, -0.1) is 0 Å². The molecule has 0 aliphatic rings. The quantitative estimate of drug-likeness (QED) is 0.196. The third-order valence-corrected chi connectivity index (χ3v) is 9.95. The molecule has 0 fully saturated rings. The molecule has 0 atom stereocenters. The maximum absolute atomic E-state index is 2.46. The lowest BCUT2D eigenvalue weighted by molar-refractivity contribution is 1.17. The molecular formula is C42H25N3. The Kier molecular flexibility index (Phi) is 4.32. The maximum atomic E-state index is 2.46. The Hall–Kier alpha value is -6.06.